The van der Waals surface area contributed by atoms with Crippen molar-refractivity contribution in [2.75, 3.05) is 26.5 Å². The summed E-state index contributed by atoms with van der Waals surface area (Å²) in [5.41, 5.74) is -0.0841. The van der Waals surface area contributed by atoms with Gasteiger partial charge in [0.15, 0.2) is 5.75 Å². The molecule has 2 N–H and O–H groups in total. The van der Waals surface area contributed by atoms with Crippen molar-refractivity contribution in [3.8, 4) is 5.75 Å². The Morgan fingerprint density at radius 3 is 2.46 bits per heavy atom. The van der Waals surface area contributed by atoms with Crippen molar-refractivity contribution in [1.82, 2.24) is 4.31 Å². The summed E-state index contributed by atoms with van der Waals surface area (Å²) in [6.07, 6.45) is 0. The average Bonchev–Trinajstić information content (AvgIpc) is 2.76. The third-order valence-corrected chi connectivity index (χ3v) is 6.50. The molecule has 0 fully saturated rings. The Bertz CT molecular complexity index is 953. The van der Waals surface area contributed by atoms with Gasteiger partial charge in [0.05, 0.1) is 12.8 Å². The fraction of sp³-hybridized carbons (Fsp3) is 0.273. The number of halogens is 1. The monoisotopic (exact) mass is 440 g/mol. The molecule has 2 rings (SSSR count). The molecule has 0 bridgehead atoms. The summed E-state index contributed by atoms with van der Waals surface area (Å²) in [6.45, 7) is 0. The number of nitrogens with one attached hydrogen (secondary N) is 1. The average molecular weight is 441 g/mol. The highest BCUT2D eigenvalue weighted by atomic mass is 79.9. The summed E-state index contributed by atoms with van der Waals surface area (Å²) in [7, 11) is -4.22. The fourth-order valence-corrected chi connectivity index (χ4v) is 4.47. The molecule has 0 radical (unpaired) electrons. The molecule has 1 heterocycles. The largest absolute Gasteiger partial charge is 0.504 e. The van der Waals surface area contributed by atoms with Gasteiger partial charge in [0.2, 0.25) is 15.9 Å². The summed E-state index contributed by atoms with van der Waals surface area (Å²) in [5, 5.41) is 12.8. The van der Waals surface area contributed by atoms with Crippen molar-refractivity contribution < 1.29 is 26.7 Å². The molecule has 132 valence electrons. The van der Waals surface area contributed by atoms with Gasteiger partial charge in [-0.25, -0.2) is 12.7 Å². The molecular weight excluding hydrogens is 428 g/mol. The molecule has 1 aliphatic heterocycles. The predicted molar refractivity (Wildman–Crippen MR) is 91.1 cm³/mol. The lowest BCUT2D eigenvalue weighted by Crippen LogP contribution is -2.24. The smallest absolute Gasteiger partial charge is 0.368 e. The minimum absolute atomic E-state index is 0.0841. The second-order valence-corrected chi connectivity index (χ2v) is 8.88. The summed E-state index contributed by atoms with van der Waals surface area (Å²) in [5.74, 6) is -1.20. The second kappa shape index (κ2) is 6.31. The van der Waals surface area contributed by atoms with Crippen molar-refractivity contribution in [2.45, 2.75) is 4.90 Å². The molecule has 0 saturated carbocycles. The van der Waals surface area contributed by atoms with Crippen LogP contribution in [0, 0.1) is 0 Å². The molecule has 1 aromatic carbocycles. The number of phenols is 1. The number of sulfonamides is 1. The van der Waals surface area contributed by atoms with E-state index in [1.807, 2.05) is 0 Å². The molecule has 10 nitrogen and oxygen atoms in total. The van der Waals surface area contributed by atoms with E-state index in [1.54, 1.807) is 0 Å². The van der Waals surface area contributed by atoms with Gasteiger partial charge in [0.25, 0.3) is 5.90 Å². The van der Waals surface area contributed by atoms with Crippen molar-refractivity contribution in [1.29, 1.82) is 0 Å². The summed E-state index contributed by atoms with van der Waals surface area (Å²) in [6, 6.07) is 2.72. The molecular formula is C11H13BrN4O6S2. The van der Waals surface area contributed by atoms with Crippen LogP contribution in [0.5, 0.6) is 5.75 Å². The van der Waals surface area contributed by atoms with Crippen molar-refractivity contribution in [3.63, 3.8) is 0 Å². The zero-order valence-electron chi connectivity index (χ0n) is 12.7. The quantitative estimate of drug-likeness (QED) is 0.653. The Morgan fingerprint density at radius 2 is 1.92 bits per heavy atom. The number of ether oxygens (including phenoxy) is 1. The first-order valence-corrected chi connectivity index (χ1v) is 9.83. The second-order valence-electron chi connectivity index (χ2n) is 4.67. The van der Waals surface area contributed by atoms with E-state index in [1.165, 1.54) is 33.3 Å². The Labute approximate surface area is 147 Å². The van der Waals surface area contributed by atoms with Gasteiger partial charge < -0.3 is 15.2 Å². The molecule has 0 unspecified atom stereocenters. The Morgan fingerprint density at radius 1 is 1.29 bits per heavy atom. The van der Waals surface area contributed by atoms with Crippen LogP contribution in [0.15, 0.2) is 30.3 Å². The number of hydrogen-bond acceptors (Lipinski definition) is 7. The third kappa shape index (κ3) is 3.38. The van der Waals surface area contributed by atoms with Gasteiger partial charge in [0, 0.05) is 18.6 Å². The van der Waals surface area contributed by atoms with Crippen LogP contribution in [0.2, 0.25) is 0 Å². The standard InChI is InChI=1S/C11H13BrN4O6S2/c1-16(2)23(18,19)9-6(12)4-5-7(8(9)17)13-10-11(22-3)15-24(20,21)14-10/h4-5,17H,1-3H3,(H,13,14). The SMILES string of the molecule is COC1=NS(=O)(=O)N=C1Nc1ccc(Br)c(S(=O)(=O)N(C)C)c1O. The zero-order valence-corrected chi connectivity index (χ0v) is 15.9. The molecule has 0 aliphatic carbocycles. The lowest BCUT2D eigenvalue weighted by molar-refractivity contribution is 0.412. The molecule has 0 amide bonds. The maximum Gasteiger partial charge on any atom is 0.368 e. The predicted octanol–water partition coefficient (Wildman–Crippen LogP) is 0.519. The van der Waals surface area contributed by atoms with Gasteiger partial charge in [-0.2, -0.15) is 8.42 Å². The maximum atomic E-state index is 12.3. The number of amidine groups is 1. The van der Waals surface area contributed by atoms with Crippen LogP contribution in [0.1, 0.15) is 0 Å². The highest BCUT2D eigenvalue weighted by molar-refractivity contribution is 9.10. The maximum absolute atomic E-state index is 12.3. The number of anilines is 1. The first kappa shape index (κ1) is 18.6. The van der Waals surface area contributed by atoms with Gasteiger partial charge in [-0.1, -0.05) is 0 Å². The summed E-state index contributed by atoms with van der Waals surface area (Å²) < 4.78 is 59.8. The van der Waals surface area contributed by atoms with Crippen molar-refractivity contribution >= 4 is 53.6 Å². The minimum Gasteiger partial charge on any atom is -0.504 e. The summed E-state index contributed by atoms with van der Waals surface area (Å²) in [4.78, 5) is -0.380. The normalized spacial score (nSPS) is 16.7. The molecule has 0 aromatic heterocycles. The van der Waals surface area contributed by atoms with E-state index >= 15 is 0 Å². The number of hydrogen-bond donors (Lipinski definition) is 2. The number of methoxy groups -OCH3 is 1. The van der Waals surface area contributed by atoms with Crippen LogP contribution in [-0.2, 0) is 25.0 Å². The topological polar surface area (TPSA) is 138 Å². The van der Waals surface area contributed by atoms with Gasteiger partial charge in [0.1, 0.15) is 4.90 Å². The number of phenolic OH excluding ortho intramolecular Hbond substituents is 1. The van der Waals surface area contributed by atoms with E-state index < -0.39 is 26.0 Å². The van der Waals surface area contributed by atoms with Crippen LogP contribution in [0.25, 0.3) is 0 Å². The number of benzene rings is 1. The van der Waals surface area contributed by atoms with E-state index in [0.717, 1.165) is 4.31 Å². The van der Waals surface area contributed by atoms with Crippen LogP contribution < -0.4 is 5.32 Å². The molecule has 0 atom stereocenters. The number of aromatic hydroxyl groups is 1. The Balaban J connectivity index is 2.54. The molecule has 0 saturated heterocycles. The number of nitrogens with zero attached hydrogens (tertiary/aromatic N) is 3. The van der Waals surface area contributed by atoms with Gasteiger partial charge in [-0.15, -0.1) is 8.80 Å². The van der Waals surface area contributed by atoms with Gasteiger partial charge >= 0.3 is 10.2 Å². The van der Waals surface area contributed by atoms with E-state index in [4.69, 9.17) is 4.74 Å². The van der Waals surface area contributed by atoms with Crippen molar-refractivity contribution in [3.05, 3.63) is 16.6 Å². The van der Waals surface area contributed by atoms with Crippen LogP contribution in [0.4, 0.5) is 5.69 Å². The zero-order chi connectivity index (χ0) is 18.3. The lowest BCUT2D eigenvalue weighted by atomic mass is 10.3. The summed E-state index contributed by atoms with van der Waals surface area (Å²) >= 11 is 3.07. The molecule has 0 spiro atoms. The lowest BCUT2D eigenvalue weighted by Gasteiger charge is -2.17. The molecule has 1 aromatic rings. The van der Waals surface area contributed by atoms with Gasteiger partial charge in [-0.3, -0.25) is 0 Å². The number of rotatable bonds is 3. The Hall–Kier alpha value is -1.70. The third-order valence-electron chi connectivity index (χ3n) is 2.88. The van der Waals surface area contributed by atoms with Crippen LogP contribution in [-0.4, -0.2) is 59.2 Å². The van der Waals surface area contributed by atoms with Crippen LogP contribution in [0.3, 0.4) is 0 Å². The molecule has 24 heavy (non-hydrogen) atoms. The van der Waals surface area contributed by atoms with E-state index in [0.29, 0.717) is 0 Å². The van der Waals surface area contributed by atoms with E-state index in [2.05, 4.69) is 30.0 Å². The van der Waals surface area contributed by atoms with Gasteiger partial charge in [-0.05, 0) is 28.1 Å². The van der Waals surface area contributed by atoms with Crippen LogP contribution >= 0.6 is 15.9 Å². The Kier molecular flexibility index (Phi) is 4.90. The first-order valence-electron chi connectivity index (χ1n) is 6.20. The first-order chi connectivity index (χ1) is 11.0. The highest BCUT2D eigenvalue weighted by Crippen LogP contribution is 2.38. The molecule has 13 heteroatoms. The minimum atomic E-state index is -4.08. The molecule has 1 aliphatic rings. The van der Waals surface area contributed by atoms with Crippen molar-refractivity contribution in [2.24, 2.45) is 8.80 Å². The van der Waals surface area contributed by atoms with E-state index in [9.17, 15) is 21.9 Å². The highest BCUT2D eigenvalue weighted by Gasteiger charge is 2.29. The fourth-order valence-electron chi connectivity index (χ4n) is 1.74. The van der Waals surface area contributed by atoms with E-state index in [-0.39, 0.29) is 26.8 Å².